The molecule has 0 aliphatic heterocycles. The minimum absolute atomic E-state index is 0.100. The second-order valence-electron chi connectivity index (χ2n) is 4.37. The van der Waals surface area contributed by atoms with Crippen molar-refractivity contribution in [3.63, 3.8) is 0 Å². The molecule has 0 radical (unpaired) electrons. The highest BCUT2D eigenvalue weighted by Gasteiger charge is 2.31. The second kappa shape index (κ2) is 5.69. The van der Waals surface area contributed by atoms with Crippen LogP contribution in [0, 0.1) is 0 Å². The van der Waals surface area contributed by atoms with E-state index < -0.39 is 17.5 Å². The van der Waals surface area contributed by atoms with E-state index in [9.17, 15) is 9.59 Å². The molecule has 3 N–H and O–H groups in total. The van der Waals surface area contributed by atoms with Gasteiger partial charge in [0.15, 0.2) is 0 Å². The average Bonchev–Trinajstić information content (AvgIpc) is 2.12. The zero-order chi connectivity index (χ0) is 12.9. The summed E-state index contributed by atoms with van der Waals surface area (Å²) in [5.41, 5.74) is -1.32. The molecule has 0 aromatic rings. The van der Waals surface area contributed by atoms with Gasteiger partial charge in [-0.15, -0.1) is 0 Å². The Morgan fingerprint density at radius 3 is 2.19 bits per heavy atom. The number of aliphatic hydroxyl groups is 1. The molecule has 0 saturated carbocycles. The standard InChI is InChI=1S/C10H20N2O4/c1-7(2)12(5-6-13)9(16)11-10(3,4)8(14)15/h7,13H,5-6H2,1-4H3,(H,11,16)(H,14,15). The predicted molar refractivity (Wildman–Crippen MR) is 59.2 cm³/mol. The van der Waals surface area contributed by atoms with E-state index in [1.165, 1.54) is 18.7 Å². The third-order valence-corrected chi connectivity index (χ3v) is 2.18. The van der Waals surface area contributed by atoms with Gasteiger partial charge in [0.25, 0.3) is 0 Å². The Balaban J connectivity index is 4.59. The number of hydrogen-bond donors (Lipinski definition) is 3. The zero-order valence-electron chi connectivity index (χ0n) is 10.1. The van der Waals surface area contributed by atoms with Crippen LogP contribution < -0.4 is 5.32 Å². The Labute approximate surface area is 95.2 Å². The SMILES string of the molecule is CC(C)N(CCO)C(=O)NC(C)(C)C(=O)O. The molecule has 2 amide bonds. The van der Waals surface area contributed by atoms with Crippen LogP contribution >= 0.6 is 0 Å². The number of carboxylic acids is 1. The lowest BCUT2D eigenvalue weighted by molar-refractivity contribution is -0.143. The maximum Gasteiger partial charge on any atom is 0.328 e. The minimum atomic E-state index is -1.32. The Morgan fingerprint density at radius 1 is 1.38 bits per heavy atom. The predicted octanol–water partition coefficient (Wildman–Crippen LogP) is 0.262. The largest absolute Gasteiger partial charge is 0.480 e. The van der Waals surface area contributed by atoms with Crippen molar-refractivity contribution >= 4 is 12.0 Å². The number of rotatable bonds is 5. The molecule has 0 saturated heterocycles. The highest BCUT2D eigenvalue weighted by molar-refractivity contribution is 5.85. The molecular formula is C10H20N2O4. The smallest absolute Gasteiger partial charge is 0.328 e. The number of amides is 2. The van der Waals surface area contributed by atoms with E-state index in [1.807, 2.05) is 0 Å². The van der Waals surface area contributed by atoms with Crippen LogP contribution in [-0.4, -0.2) is 51.8 Å². The number of hydrogen-bond acceptors (Lipinski definition) is 3. The molecule has 0 aliphatic carbocycles. The number of carbonyl (C=O) groups excluding carboxylic acids is 1. The first-order valence-corrected chi connectivity index (χ1v) is 5.15. The van der Waals surface area contributed by atoms with Crippen molar-refractivity contribution in [1.29, 1.82) is 0 Å². The fraction of sp³-hybridized carbons (Fsp3) is 0.800. The number of urea groups is 1. The van der Waals surface area contributed by atoms with Crippen molar-refractivity contribution in [2.24, 2.45) is 0 Å². The van der Waals surface area contributed by atoms with Crippen LogP contribution in [-0.2, 0) is 4.79 Å². The van der Waals surface area contributed by atoms with Crippen molar-refractivity contribution in [2.75, 3.05) is 13.2 Å². The van der Waals surface area contributed by atoms with E-state index in [4.69, 9.17) is 10.2 Å². The molecule has 0 aliphatic rings. The Bertz CT molecular complexity index is 264. The summed E-state index contributed by atoms with van der Waals surface area (Å²) < 4.78 is 0. The van der Waals surface area contributed by atoms with Gasteiger partial charge >= 0.3 is 12.0 Å². The maximum absolute atomic E-state index is 11.7. The van der Waals surface area contributed by atoms with Crippen LogP contribution in [0.15, 0.2) is 0 Å². The van der Waals surface area contributed by atoms with E-state index in [2.05, 4.69) is 5.32 Å². The molecule has 0 heterocycles. The van der Waals surface area contributed by atoms with Crippen LogP contribution in [0.2, 0.25) is 0 Å². The quantitative estimate of drug-likeness (QED) is 0.634. The van der Waals surface area contributed by atoms with Gasteiger partial charge in [0, 0.05) is 12.6 Å². The molecule has 16 heavy (non-hydrogen) atoms. The van der Waals surface area contributed by atoms with Crippen LogP contribution in [0.3, 0.4) is 0 Å². The number of carboxylic acid groups (broad SMARTS) is 1. The molecule has 6 nitrogen and oxygen atoms in total. The molecule has 0 fully saturated rings. The normalized spacial score (nSPS) is 11.4. The van der Waals surface area contributed by atoms with Crippen LogP contribution in [0.1, 0.15) is 27.7 Å². The number of carbonyl (C=O) groups is 2. The molecule has 0 bridgehead atoms. The number of nitrogens with one attached hydrogen (secondary N) is 1. The van der Waals surface area contributed by atoms with E-state index in [0.717, 1.165) is 0 Å². The summed E-state index contributed by atoms with van der Waals surface area (Å²) in [5.74, 6) is -1.10. The zero-order valence-corrected chi connectivity index (χ0v) is 10.1. The average molecular weight is 232 g/mol. The van der Waals surface area contributed by atoms with Gasteiger partial charge in [-0.1, -0.05) is 0 Å². The summed E-state index contributed by atoms with van der Waals surface area (Å²) in [7, 11) is 0. The molecule has 0 unspecified atom stereocenters. The fourth-order valence-electron chi connectivity index (χ4n) is 1.09. The monoisotopic (exact) mass is 232 g/mol. The first kappa shape index (κ1) is 14.7. The highest BCUT2D eigenvalue weighted by Crippen LogP contribution is 2.05. The van der Waals surface area contributed by atoms with Crippen molar-refractivity contribution in [2.45, 2.75) is 39.3 Å². The van der Waals surface area contributed by atoms with E-state index in [1.54, 1.807) is 13.8 Å². The Morgan fingerprint density at radius 2 is 1.88 bits per heavy atom. The molecule has 0 atom stereocenters. The molecule has 94 valence electrons. The highest BCUT2D eigenvalue weighted by atomic mass is 16.4. The summed E-state index contributed by atoms with van der Waals surface area (Å²) in [6.45, 7) is 6.43. The van der Waals surface area contributed by atoms with Crippen molar-refractivity contribution in [3.8, 4) is 0 Å². The van der Waals surface area contributed by atoms with Crippen LogP contribution in [0.25, 0.3) is 0 Å². The summed E-state index contributed by atoms with van der Waals surface area (Å²) >= 11 is 0. The van der Waals surface area contributed by atoms with Crippen molar-refractivity contribution < 1.29 is 19.8 Å². The van der Waals surface area contributed by atoms with Gasteiger partial charge in [0.1, 0.15) is 5.54 Å². The summed E-state index contributed by atoms with van der Waals surface area (Å²) in [6.07, 6.45) is 0. The molecule has 0 aromatic carbocycles. The first-order valence-electron chi connectivity index (χ1n) is 5.15. The lowest BCUT2D eigenvalue weighted by Gasteiger charge is -2.30. The van der Waals surface area contributed by atoms with Gasteiger partial charge in [-0.25, -0.2) is 9.59 Å². The number of nitrogens with zero attached hydrogens (tertiary/aromatic N) is 1. The van der Waals surface area contributed by atoms with E-state index in [0.29, 0.717) is 0 Å². The lowest BCUT2D eigenvalue weighted by Crippen LogP contribution is -2.56. The lowest BCUT2D eigenvalue weighted by atomic mass is 10.1. The Hall–Kier alpha value is -1.30. The first-order chi connectivity index (χ1) is 7.22. The molecule has 0 spiro atoms. The van der Waals surface area contributed by atoms with Crippen LogP contribution in [0.4, 0.5) is 4.79 Å². The van der Waals surface area contributed by atoms with Crippen molar-refractivity contribution in [1.82, 2.24) is 10.2 Å². The summed E-state index contributed by atoms with van der Waals surface area (Å²) in [6, 6.07) is -0.590. The number of aliphatic carboxylic acids is 1. The van der Waals surface area contributed by atoms with E-state index >= 15 is 0 Å². The van der Waals surface area contributed by atoms with Gasteiger partial charge in [0.05, 0.1) is 6.61 Å². The Kier molecular flexibility index (Phi) is 5.23. The molecular weight excluding hydrogens is 212 g/mol. The second-order valence-corrected chi connectivity index (χ2v) is 4.37. The van der Waals surface area contributed by atoms with E-state index in [-0.39, 0.29) is 19.2 Å². The topological polar surface area (TPSA) is 89.9 Å². The summed E-state index contributed by atoms with van der Waals surface area (Å²) in [5, 5.41) is 20.1. The maximum atomic E-state index is 11.7. The van der Waals surface area contributed by atoms with Gasteiger partial charge < -0.3 is 20.4 Å². The fourth-order valence-corrected chi connectivity index (χ4v) is 1.09. The minimum Gasteiger partial charge on any atom is -0.480 e. The third-order valence-electron chi connectivity index (χ3n) is 2.18. The molecule has 0 rings (SSSR count). The third kappa shape index (κ3) is 4.06. The van der Waals surface area contributed by atoms with Crippen LogP contribution in [0.5, 0.6) is 0 Å². The van der Waals surface area contributed by atoms with Gasteiger partial charge in [0.2, 0.25) is 0 Å². The summed E-state index contributed by atoms with van der Waals surface area (Å²) in [4.78, 5) is 23.9. The molecule has 0 aromatic heterocycles. The van der Waals surface area contributed by atoms with Gasteiger partial charge in [-0.05, 0) is 27.7 Å². The molecule has 6 heteroatoms. The van der Waals surface area contributed by atoms with Gasteiger partial charge in [-0.2, -0.15) is 0 Å². The number of aliphatic hydroxyl groups excluding tert-OH is 1. The van der Waals surface area contributed by atoms with Gasteiger partial charge in [-0.3, -0.25) is 0 Å². The van der Waals surface area contributed by atoms with Crippen molar-refractivity contribution in [3.05, 3.63) is 0 Å².